The van der Waals surface area contributed by atoms with E-state index in [1.165, 1.54) is 4.88 Å². The Morgan fingerprint density at radius 2 is 2.00 bits per heavy atom. The number of esters is 1. The fourth-order valence-corrected chi connectivity index (χ4v) is 2.35. The topological polar surface area (TPSA) is 46.6 Å². The molecule has 0 N–H and O–H groups in total. The van der Waals surface area contributed by atoms with Gasteiger partial charge in [0.2, 0.25) is 5.91 Å². The van der Waals surface area contributed by atoms with Crippen LogP contribution in [0.1, 0.15) is 38.5 Å². The molecular weight excluding hydrogens is 274 g/mol. The number of thiophene rings is 1. The van der Waals surface area contributed by atoms with Gasteiger partial charge < -0.3 is 9.64 Å². The van der Waals surface area contributed by atoms with Gasteiger partial charge in [-0.25, -0.2) is 0 Å². The lowest BCUT2D eigenvalue weighted by Crippen LogP contribution is -2.30. The molecule has 5 heteroatoms. The normalized spacial score (nSPS) is 11.2. The first kappa shape index (κ1) is 16.7. The summed E-state index contributed by atoms with van der Waals surface area (Å²) in [7, 11) is 1.77. The van der Waals surface area contributed by atoms with E-state index in [4.69, 9.17) is 4.74 Å². The number of carbonyl (C=O) groups excluding carboxylic acids is 2. The van der Waals surface area contributed by atoms with Gasteiger partial charge in [0.1, 0.15) is 5.60 Å². The van der Waals surface area contributed by atoms with Crippen molar-refractivity contribution in [3.05, 3.63) is 22.4 Å². The predicted octanol–water partition coefficient (Wildman–Crippen LogP) is 2.87. The van der Waals surface area contributed by atoms with Crippen molar-refractivity contribution in [1.82, 2.24) is 4.90 Å². The van der Waals surface area contributed by atoms with Gasteiger partial charge >= 0.3 is 5.97 Å². The third kappa shape index (κ3) is 6.70. The van der Waals surface area contributed by atoms with Gasteiger partial charge in [0.05, 0.1) is 6.42 Å². The molecule has 1 heterocycles. The summed E-state index contributed by atoms with van der Waals surface area (Å²) in [6.07, 6.45) is 1.20. The number of hydrogen-bond donors (Lipinski definition) is 0. The predicted molar refractivity (Wildman–Crippen MR) is 80.7 cm³/mol. The third-order valence-electron chi connectivity index (χ3n) is 2.66. The molecule has 20 heavy (non-hydrogen) atoms. The van der Waals surface area contributed by atoms with E-state index in [0.717, 1.165) is 6.42 Å². The molecule has 4 nitrogen and oxygen atoms in total. The molecule has 1 rings (SSSR count). The van der Waals surface area contributed by atoms with Crippen molar-refractivity contribution < 1.29 is 14.3 Å². The maximum absolute atomic E-state index is 11.9. The highest BCUT2D eigenvalue weighted by Crippen LogP contribution is 2.11. The minimum Gasteiger partial charge on any atom is -0.460 e. The molecule has 0 aliphatic carbocycles. The van der Waals surface area contributed by atoms with E-state index in [9.17, 15) is 9.59 Å². The molecule has 112 valence electrons. The average molecular weight is 297 g/mol. The van der Waals surface area contributed by atoms with Crippen LogP contribution in [0, 0.1) is 0 Å². The third-order valence-corrected chi connectivity index (χ3v) is 3.60. The van der Waals surface area contributed by atoms with Crippen molar-refractivity contribution in [2.45, 2.75) is 45.6 Å². The van der Waals surface area contributed by atoms with Crippen LogP contribution in [0.5, 0.6) is 0 Å². The lowest BCUT2D eigenvalue weighted by atomic mass is 10.2. The van der Waals surface area contributed by atoms with E-state index in [1.54, 1.807) is 23.3 Å². The van der Waals surface area contributed by atoms with Crippen LogP contribution < -0.4 is 0 Å². The van der Waals surface area contributed by atoms with Gasteiger partial charge in [-0.1, -0.05) is 6.07 Å². The van der Waals surface area contributed by atoms with Crippen LogP contribution in [0.25, 0.3) is 0 Å². The Labute approximate surface area is 124 Å². The summed E-state index contributed by atoms with van der Waals surface area (Å²) in [6, 6.07) is 4.06. The average Bonchev–Trinajstić information content (AvgIpc) is 2.83. The van der Waals surface area contributed by atoms with Crippen LogP contribution in [0.4, 0.5) is 0 Å². The van der Waals surface area contributed by atoms with Crippen molar-refractivity contribution in [3.63, 3.8) is 0 Å². The molecular formula is C15H23NO3S. The summed E-state index contributed by atoms with van der Waals surface area (Å²) in [5.74, 6) is -0.343. The number of rotatable bonds is 6. The van der Waals surface area contributed by atoms with E-state index in [2.05, 4.69) is 6.07 Å². The molecule has 0 aliphatic heterocycles. The maximum atomic E-state index is 11.9. The fraction of sp³-hybridized carbons (Fsp3) is 0.600. The highest BCUT2D eigenvalue weighted by molar-refractivity contribution is 7.09. The zero-order valence-electron chi connectivity index (χ0n) is 12.6. The molecule has 1 amide bonds. The van der Waals surface area contributed by atoms with E-state index >= 15 is 0 Å². The Hall–Kier alpha value is -1.36. The summed E-state index contributed by atoms with van der Waals surface area (Å²) in [5, 5.41) is 2.03. The minimum atomic E-state index is -0.495. The summed E-state index contributed by atoms with van der Waals surface area (Å²) < 4.78 is 5.18. The molecule has 0 atom stereocenters. The van der Waals surface area contributed by atoms with Crippen molar-refractivity contribution in [2.75, 3.05) is 13.6 Å². The van der Waals surface area contributed by atoms with Gasteiger partial charge in [0.15, 0.2) is 0 Å². The molecule has 0 saturated heterocycles. The number of hydrogen-bond acceptors (Lipinski definition) is 4. The second-order valence-corrected chi connectivity index (χ2v) is 6.76. The molecule has 0 aromatic carbocycles. The maximum Gasteiger partial charge on any atom is 0.306 e. The Morgan fingerprint density at radius 1 is 1.30 bits per heavy atom. The van der Waals surface area contributed by atoms with Crippen molar-refractivity contribution in [3.8, 4) is 0 Å². The first-order chi connectivity index (χ1) is 9.28. The van der Waals surface area contributed by atoms with Gasteiger partial charge in [0.25, 0.3) is 0 Å². The molecule has 0 aliphatic rings. The number of nitrogens with zero attached hydrogens (tertiary/aromatic N) is 1. The lowest BCUT2D eigenvalue weighted by Gasteiger charge is -2.20. The van der Waals surface area contributed by atoms with E-state index in [1.807, 2.05) is 32.2 Å². The van der Waals surface area contributed by atoms with Crippen LogP contribution in [0.15, 0.2) is 17.5 Å². The van der Waals surface area contributed by atoms with Crippen LogP contribution in [-0.4, -0.2) is 36.0 Å². The lowest BCUT2D eigenvalue weighted by molar-refractivity contribution is -0.156. The monoisotopic (exact) mass is 297 g/mol. The smallest absolute Gasteiger partial charge is 0.306 e. The summed E-state index contributed by atoms with van der Waals surface area (Å²) in [4.78, 5) is 26.4. The standard InChI is InChI=1S/C15H23NO3S/c1-15(2,3)19-14(18)8-7-13(17)16(4)10-9-12-6-5-11-20-12/h5-6,11H,7-10H2,1-4H3. The molecule has 0 spiro atoms. The zero-order valence-corrected chi connectivity index (χ0v) is 13.5. The van der Waals surface area contributed by atoms with Crippen LogP contribution in [0.2, 0.25) is 0 Å². The van der Waals surface area contributed by atoms with E-state index in [0.29, 0.717) is 6.54 Å². The van der Waals surface area contributed by atoms with Crippen molar-refractivity contribution >= 4 is 23.2 Å². The van der Waals surface area contributed by atoms with Gasteiger partial charge in [-0.2, -0.15) is 0 Å². The van der Waals surface area contributed by atoms with E-state index < -0.39 is 5.60 Å². The zero-order chi connectivity index (χ0) is 15.2. The van der Waals surface area contributed by atoms with Gasteiger partial charge in [0, 0.05) is 24.9 Å². The number of carbonyl (C=O) groups is 2. The largest absolute Gasteiger partial charge is 0.460 e. The molecule has 1 aromatic rings. The minimum absolute atomic E-state index is 0.0209. The highest BCUT2D eigenvalue weighted by atomic mass is 32.1. The first-order valence-corrected chi connectivity index (χ1v) is 7.64. The van der Waals surface area contributed by atoms with Crippen LogP contribution >= 0.6 is 11.3 Å². The van der Waals surface area contributed by atoms with Gasteiger partial charge in [-0.3, -0.25) is 9.59 Å². The molecule has 0 saturated carbocycles. The number of ether oxygens (including phenoxy) is 1. The Morgan fingerprint density at radius 3 is 2.55 bits per heavy atom. The van der Waals surface area contributed by atoms with Crippen LogP contribution in [0.3, 0.4) is 0 Å². The molecule has 0 fully saturated rings. The summed E-state index contributed by atoms with van der Waals surface area (Å²) in [6.45, 7) is 6.13. The molecule has 0 radical (unpaired) electrons. The Bertz CT molecular complexity index is 434. The summed E-state index contributed by atoms with van der Waals surface area (Å²) in [5.41, 5.74) is -0.495. The second kappa shape index (κ2) is 7.43. The van der Waals surface area contributed by atoms with Crippen molar-refractivity contribution in [1.29, 1.82) is 0 Å². The summed E-state index contributed by atoms with van der Waals surface area (Å²) >= 11 is 1.69. The second-order valence-electron chi connectivity index (χ2n) is 5.73. The fourth-order valence-electron chi connectivity index (χ4n) is 1.65. The van der Waals surface area contributed by atoms with Gasteiger partial charge in [-0.15, -0.1) is 11.3 Å². The SMILES string of the molecule is CN(CCc1cccs1)C(=O)CCC(=O)OC(C)(C)C. The highest BCUT2D eigenvalue weighted by Gasteiger charge is 2.18. The number of likely N-dealkylation sites (N-methyl/N-ethyl adjacent to an activating group) is 1. The molecule has 0 unspecified atom stereocenters. The van der Waals surface area contributed by atoms with Crippen LogP contribution in [-0.2, 0) is 20.7 Å². The van der Waals surface area contributed by atoms with E-state index in [-0.39, 0.29) is 24.7 Å². The van der Waals surface area contributed by atoms with Crippen molar-refractivity contribution in [2.24, 2.45) is 0 Å². The molecule has 1 aromatic heterocycles. The van der Waals surface area contributed by atoms with Gasteiger partial charge in [-0.05, 0) is 38.6 Å². The number of amides is 1. The molecule has 0 bridgehead atoms. The first-order valence-electron chi connectivity index (χ1n) is 6.76. The Balaban J connectivity index is 2.26. The quantitative estimate of drug-likeness (QED) is 0.759. The Kier molecular flexibility index (Phi) is 6.20.